The Hall–Kier alpha value is -7.21. The fourth-order valence-electron chi connectivity index (χ4n) is 7.17. The van der Waals surface area contributed by atoms with Crippen molar-refractivity contribution in [2.24, 2.45) is 5.73 Å². The molecule has 0 bridgehead atoms. The number of alkyl halides is 3. The highest BCUT2D eigenvalue weighted by Crippen LogP contribution is 2.33. The highest BCUT2D eigenvalue weighted by molar-refractivity contribution is 6.25. The number of fused-ring (bicyclic) bond motifs is 1. The number of piperidine rings is 2. The lowest BCUT2D eigenvalue weighted by molar-refractivity contribution is -0.138. The number of likely N-dealkylation sites (tertiary alicyclic amines) is 1. The second kappa shape index (κ2) is 18.8. The lowest BCUT2D eigenvalue weighted by atomic mass is 10.0. The zero-order valence-corrected chi connectivity index (χ0v) is 33.2. The zero-order valence-electron chi connectivity index (χ0n) is 33.2. The minimum atomic E-state index is -4.46. The van der Waals surface area contributed by atoms with Crippen LogP contribution < -0.4 is 27.0 Å². The molecule has 7 rings (SSSR count). The number of nitrogens with one attached hydrogen (secondary N) is 4. The molecule has 7 amide bonds. The topological polar surface area (TPSA) is 275 Å². The number of benzene rings is 1. The van der Waals surface area contributed by atoms with Crippen LogP contribution in [0, 0.1) is 0 Å². The van der Waals surface area contributed by atoms with Crippen molar-refractivity contribution in [3.8, 4) is 11.5 Å². The first-order chi connectivity index (χ1) is 30.2. The van der Waals surface area contributed by atoms with Crippen molar-refractivity contribution in [3.05, 3.63) is 71.5 Å². The molecule has 6 heterocycles. The van der Waals surface area contributed by atoms with Crippen LogP contribution in [0.2, 0.25) is 0 Å². The molecule has 0 radical (unpaired) electrons. The maximum Gasteiger partial charge on any atom is 0.405 e. The molecule has 0 spiro atoms. The van der Waals surface area contributed by atoms with Crippen molar-refractivity contribution in [1.29, 1.82) is 0 Å². The SMILES string of the molecule is NC(=O)c1nn(C2CCN(C(=O)COCCOCCNc3cccc4c3C(=O)N(C3CCC(=O)NC3=O)C4=O)CC2)cc1NC(=O)c1coc(-c2ccnc(NCC(F)(F)F)c2)n1. The van der Waals surface area contributed by atoms with Gasteiger partial charge in [-0.1, -0.05) is 6.07 Å². The van der Waals surface area contributed by atoms with Crippen molar-refractivity contribution >= 4 is 58.5 Å². The summed E-state index contributed by atoms with van der Waals surface area (Å²) in [6.07, 6.45) is 0.279. The molecule has 1 aromatic carbocycles. The fourth-order valence-corrected chi connectivity index (χ4v) is 7.17. The quantitative estimate of drug-likeness (QED) is 0.0749. The Morgan fingerprint density at radius 2 is 1.75 bits per heavy atom. The van der Waals surface area contributed by atoms with Crippen molar-refractivity contribution in [2.75, 3.05) is 68.6 Å². The van der Waals surface area contributed by atoms with E-state index in [1.165, 1.54) is 35.3 Å². The molecule has 2 saturated heterocycles. The number of nitrogens with zero attached hydrogens (tertiary/aromatic N) is 6. The van der Waals surface area contributed by atoms with E-state index in [1.807, 2.05) is 0 Å². The van der Waals surface area contributed by atoms with Gasteiger partial charge in [-0.25, -0.2) is 9.97 Å². The average molecular weight is 880 g/mol. The van der Waals surface area contributed by atoms with Crippen LogP contribution in [0.25, 0.3) is 11.5 Å². The van der Waals surface area contributed by atoms with Gasteiger partial charge in [0.05, 0.1) is 42.7 Å². The fraction of sp³-hybridized carbons (Fsp3) is 0.385. The van der Waals surface area contributed by atoms with Crippen molar-refractivity contribution in [3.63, 3.8) is 0 Å². The molecule has 63 heavy (non-hydrogen) atoms. The number of imide groups is 2. The number of ether oxygens (including phenoxy) is 2. The number of aromatic nitrogens is 4. The molecule has 2 fully saturated rings. The third-order valence-electron chi connectivity index (χ3n) is 10.2. The average Bonchev–Trinajstić information content (AvgIpc) is 3.98. The van der Waals surface area contributed by atoms with E-state index in [9.17, 15) is 46.7 Å². The van der Waals surface area contributed by atoms with Crippen LogP contribution >= 0.6 is 0 Å². The lowest BCUT2D eigenvalue weighted by Gasteiger charge is -2.32. The van der Waals surface area contributed by atoms with Crippen molar-refractivity contribution in [2.45, 2.75) is 43.9 Å². The number of oxazole rings is 1. The van der Waals surface area contributed by atoms with Gasteiger partial charge in [-0.2, -0.15) is 18.3 Å². The van der Waals surface area contributed by atoms with Gasteiger partial charge in [-0.15, -0.1) is 0 Å². The Labute approximate surface area is 354 Å². The summed E-state index contributed by atoms with van der Waals surface area (Å²) in [6, 6.07) is 6.15. The van der Waals surface area contributed by atoms with Gasteiger partial charge in [0.25, 0.3) is 23.6 Å². The number of carbonyl (C=O) groups is 7. The molecule has 332 valence electrons. The number of hydrogen-bond acceptors (Lipinski definition) is 15. The molecule has 24 heteroatoms. The number of rotatable bonds is 17. The number of halogens is 3. The van der Waals surface area contributed by atoms with Crippen LogP contribution in [-0.2, 0) is 23.9 Å². The number of pyridine rings is 1. The van der Waals surface area contributed by atoms with Gasteiger partial charge in [-0.3, -0.25) is 48.5 Å². The maximum atomic E-state index is 13.3. The van der Waals surface area contributed by atoms with Crippen LogP contribution in [-0.4, -0.2) is 136 Å². The van der Waals surface area contributed by atoms with Gasteiger partial charge in [0.15, 0.2) is 11.4 Å². The predicted molar refractivity (Wildman–Crippen MR) is 211 cm³/mol. The number of amides is 7. The first kappa shape index (κ1) is 43.9. The molecule has 0 saturated carbocycles. The third kappa shape index (κ3) is 10.3. The lowest BCUT2D eigenvalue weighted by Crippen LogP contribution is -2.54. The predicted octanol–water partition coefficient (Wildman–Crippen LogP) is 1.97. The summed E-state index contributed by atoms with van der Waals surface area (Å²) in [5, 5.41) is 14.3. The molecule has 21 nitrogen and oxygen atoms in total. The van der Waals surface area contributed by atoms with Gasteiger partial charge in [0, 0.05) is 49.7 Å². The molecule has 4 aromatic rings. The van der Waals surface area contributed by atoms with Crippen molar-refractivity contribution in [1.82, 2.24) is 34.9 Å². The minimum absolute atomic E-state index is 0.0121. The Bertz CT molecular complexity index is 2430. The second-order valence-corrected chi connectivity index (χ2v) is 14.5. The highest BCUT2D eigenvalue weighted by atomic mass is 19.4. The molecular weight excluding hydrogens is 839 g/mol. The number of nitrogens with two attached hydrogens (primary N) is 1. The maximum absolute atomic E-state index is 13.3. The molecule has 3 aliphatic rings. The highest BCUT2D eigenvalue weighted by Gasteiger charge is 2.45. The van der Waals surface area contributed by atoms with Crippen LogP contribution in [0.15, 0.2) is 53.4 Å². The van der Waals surface area contributed by atoms with Gasteiger partial charge in [0.1, 0.15) is 31.3 Å². The van der Waals surface area contributed by atoms with Crippen molar-refractivity contribution < 1.29 is 60.6 Å². The standard InChI is InChI=1S/C39H40F3N11O10/c40-39(41,42)20-46-28-16-21(6-9-45-28)36-48-26(18-63-36)34(57)47-25-17-52(50-32(25)33(43)56)22-7-11-51(12-8-22)30(55)19-62-15-14-61-13-10-44-24-3-1-2-23-31(24)38(60)53(37(23)59)27-4-5-29(54)49-35(27)58/h1-3,6,9,16-18,22,27,44H,4-5,7-8,10-15,19-20H2,(H2,43,56)(H,45,46)(H,47,57)(H,49,54,58). The zero-order chi connectivity index (χ0) is 44.8. The van der Waals surface area contributed by atoms with Crippen LogP contribution in [0.1, 0.15) is 73.4 Å². The molecular formula is C39H40F3N11O10. The molecule has 6 N–H and O–H groups in total. The largest absolute Gasteiger partial charge is 0.444 e. The summed E-state index contributed by atoms with van der Waals surface area (Å²) in [6.45, 7) is -0.0164. The van der Waals surface area contributed by atoms with Gasteiger partial charge in [0.2, 0.25) is 23.6 Å². The normalized spacial score (nSPS) is 16.8. The van der Waals surface area contributed by atoms with Gasteiger partial charge < -0.3 is 40.5 Å². The minimum Gasteiger partial charge on any atom is -0.444 e. The summed E-state index contributed by atoms with van der Waals surface area (Å²) in [4.78, 5) is 98.9. The van der Waals surface area contributed by atoms with E-state index in [0.29, 0.717) is 31.6 Å². The van der Waals surface area contributed by atoms with Crippen LogP contribution in [0.4, 0.5) is 30.4 Å². The van der Waals surface area contributed by atoms with E-state index < -0.39 is 54.2 Å². The van der Waals surface area contributed by atoms with Gasteiger partial charge in [-0.05, 0) is 43.5 Å². The van der Waals surface area contributed by atoms with E-state index in [2.05, 4.69) is 36.3 Å². The molecule has 1 unspecified atom stereocenters. The van der Waals surface area contributed by atoms with E-state index in [0.717, 1.165) is 11.2 Å². The third-order valence-corrected chi connectivity index (χ3v) is 10.2. The van der Waals surface area contributed by atoms with Crippen LogP contribution in [0.5, 0.6) is 0 Å². The smallest absolute Gasteiger partial charge is 0.405 e. The monoisotopic (exact) mass is 879 g/mol. The molecule has 1 atom stereocenters. The summed E-state index contributed by atoms with van der Waals surface area (Å²) in [5.41, 5.74) is 6.10. The number of hydrogen-bond donors (Lipinski definition) is 5. The first-order valence-corrected chi connectivity index (χ1v) is 19.6. The Morgan fingerprint density at radius 1 is 0.968 bits per heavy atom. The number of primary amides is 1. The Kier molecular flexibility index (Phi) is 13.1. The molecule has 3 aliphatic heterocycles. The summed E-state index contributed by atoms with van der Waals surface area (Å²) < 4.78 is 55.8. The molecule has 0 aliphatic carbocycles. The van der Waals surface area contributed by atoms with Gasteiger partial charge >= 0.3 is 6.18 Å². The van der Waals surface area contributed by atoms with Crippen LogP contribution in [0.3, 0.4) is 0 Å². The summed E-state index contributed by atoms with van der Waals surface area (Å²) >= 11 is 0. The Morgan fingerprint density at radius 3 is 2.49 bits per heavy atom. The summed E-state index contributed by atoms with van der Waals surface area (Å²) in [5.74, 6) is -4.44. The van der Waals surface area contributed by atoms with E-state index in [4.69, 9.17) is 19.6 Å². The Balaban J connectivity index is 0.817. The number of carbonyl (C=O) groups excluding carboxylic acids is 7. The number of anilines is 3. The second-order valence-electron chi connectivity index (χ2n) is 14.5. The summed E-state index contributed by atoms with van der Waals surface area (Å²) in [7, 11) is 0. The van der Waals surface area contributed by atoms with E-state index >= 15 is 0 Å². The van der Waals surface area contributed by atoms with E-state index in [-0.39, 0.29) is 103 Å². The van der Waals surface area contributed by atoms with E-state index in [1.54, 1.807) is 17.0 Å². The first-order valence-electron chi connectivity index (χ1n) is 19.6. The molecule has 3 aromatic heterocycles.